The van der Waals surface area contributed by atoms with Gasteiger partial charge in [-0.2, -0.15) is 0 Å². The molecule has 7 aromatic carbocycles. The molecule has 0 unspecified atom stereocenters. The van der Waals surface area contributed by atoms with Gasteiger partial charge in [-0.25, -0.2) is 4.98 Å². The van der Waals surface area contributed by atoms with Crippen LogP contribution in [0.3, 0.4) is 0 Å². The Morgan fingerprint density at radius 2 is 0.979 bits per heavy atom. The van der Waals surface area contributed by atoms with E-state index >= 15 is 0 Å². The number of benzene rings is 7. The summed E-state index contributed by atoms with van der Waals surface area (Å²) in [5.41, 5.74) is 8.68. The van der Waals surface area contributed by atoms with Crippen molar-refractivity contribution >= 4 is 84.0 Å². The summed E-state index contributed by atoms with van der Waals surface area (Å²) >= 11 is 2.35. The Balaban J connectivity index is 1.23. The second-order valence-electron chi connectivity index (χ2n) is 12.1. The molecule has 9 aromatic rings. The maximum atomic E-state index is 14.9. The van der Waals surface area contributed by atoms with E-state index in [2.05, 4.69) is 118 Å². The van der Waals surface area contributed by atoms with Crippen LogP contribution in [0, 0.1) is 3.57 Å². The second kappa shape index (κ2) is 11.6. The Morgan fingerprint density at radius 1 is 0.458 bits per heavy atom. The van der Waals surface area contributed by atoms with Crippen molar-refractivity contribution in [3.05, 3.63) is 173 Å². The van der Waals surface area contributed by atoms with Gasteiger partial charge in [0.05, 0.1) is 16.6 Å². The van der Waals surface area contributed by atoms with Gasteiger partial charge in [-0.15, -0.1) is 0 Å². The van der Waals surface area contributed by atoms with E-state index in [-0.39, 0.29) is 0 Å². The van der Waals surface area contributed by atoms with Crippen LogP contribution in [0.15, 0.2) is 170 Å². The van der Waals surface area contributed by atoms with E-state index in [4.69, 9.17) is 4.98 Å². The minimum absolute atomic E-state index is 0.824. The monoisotopic (exact) mass is 746 g/mol. The predicted octanol–water partition coefficient (Wildman–Crippen LogP) is 10.4. The Hall–Kier alpha value is -5.03. The third-order valence-electron chi connectivity index (χ3n) is 9.33. The number of imidazole rings is 1. The molecule has 48 heavy (non-hydrogen) atoms. The van der Waals surface area contributed by atoms with Gasteiger partial charge in [-0.3, -0.25) is 4.40 Å². The number of rotatable bonds is 5. The predicted molar refractivity (Wildman–Crippen MR) is 211 cm³/mol. The lowest BCUT2D eigenvalue weighted by molar-refractivity contribution is 0.592. The van der Waals surface area contributed by atoms with Crippen LogP contribution >= 0.6 is 29.7 Å². The Kier molecular flexibility index (Phi) is 7.03. The quantitative estimate of drug-likeness (QED) is 0.0999. The maximum absolute atomic E-state index is 14.9. The highest BCUT2D eigenvalue weighted by atomic mass is 127. The molecule has 0 atom stereocenters. The van der Waals surface area contributed by atoms with E-state index < -0.39 is 7.14 Å². The van der Waals surface area contributed by atoms with Gasteiger partial charge in [-0.1, -0.05) is 127 Å². The van der Waals surface area contributed by atoms with Crippen molar-refractivity contribution in [2.75, 3.05) is 0 Å². The number of halogens is 1. The Labute approximate surface area is 292 Å². The van der Waals surface area contributed by atoms with Gasteiger partial charge in [0, 0.05) is 30.3 Å². The fourth-order valence-electron chi connectivity index (χ4n) is 6.95. The zero-order valence-corrected chi connectivity index (χ0v) is 28.8. The Bertz CT molecular complexity index is 2640. The molecular formula is C43H28IN2OP. The van der Waals surface area contributed by atoms with Crippen molar-refractivity contribution in [3.8, 4) is 22.3 Å². The highest BCUT2D eigenvalue weighted by Gasteiger charge is 2.29. The molecule has 0 bridgehead atoms. The largest absolute Gasteiger partial charge is 0.309 e. The molecule has 0 amide bonds. The number of hydrogen-bond acceptors (Lipinski definition) is 2. The highest BCUT2D eigenvalue weighted by Crippen LogP contribution is 2.43. The summed E-state index contributed by atoms with van der Waals surface area (Å²) in [4.78, 5) is 5.14. The van der Waals surface area contributed by atoms with Crippen molar-refractivity contribution in [1.82, 2.24) is 9.38 Å². The molecule has 0 aliphatic carbocycles. The van der Waals surface area contributed by atoms with Gasteiger partial charge < -0.3 is 4.57 Å². The Morgan fingerprint density at radius 3 is 1.65 bits per heavy atom. The lowest BCUT2D eigenvalue weighted by Gasteiger charge is -2.20. The lowest BCUT2D eigenvalue weighted by atomic mass is 9.97. The summed E-state index contributed by atoms with van der Waals surface area (Å²) in [5.74, 6) is 0. The zero-order valence-electron chi connectivity index (χ0n) is 25.8. The summed E-state index contributed by atoms with van der Waals surface area (Å²) < 4.78 is 18.4. The molecule has 5 heteroatoms. The number of para-hydroxylation sites is 2. The molecule has 2 heterocycles. The van der Waals surface area contributed by atoms with Crippen LogP contribution in [-0.4, -0.2) is 9.38 Å². The van der Waals surface area contributed by atoms with E-state index in [0.717, 1.165) is 65.4 Å². The minimum atomic E-state index is -3.05. The van der Waals surface area contributed by atoms with Crippen molar-refractivity contribution in [2.24, 2.45) is 0 Å². The fourth-order valence-corrected chi connectivity index (χ4v) is 9.96. The number of pyridine rings is 1. The van der Waals surface area contributed by atoms with E-state index in [1.54, 1.807) is 0 Å². The summed E-state index contributed by atoms with van der Waals surface area (Å²) in [5, 5.41) is 5.94. The first kappa shape index (κ1) is 29.1. The molecular weight excluding hydrogens is 718 g/mol. The minimum Gasteiger partial charge on any atom is -0.309 e. The molecule has 0 aliphatic heterocycles. The van der Waals surface area contributed by atoms with Gasteiger partial charge in [0.25, 0.3) is 0 Å². The van der Waals surface area contributed by atoms with Crippen LogP contribution in [0.4, 0.5) is 0 Å². The lowest BCUT2D eigenvalue weighted by Crippen LogP contribution is -2.24. The van der Waals surface area contributed by atoms with Gasteiger partial charge >= 0.3 is 0 Å². The van der Waals surface area contributed by atoms with E-state index in [1.807, 2.05) is 78.9 Å². The SMILES string of the molecule is O=P(c1ccccc1)(c1ccccc1)c1ccc(-c2ccc3c(c2)c2ccc(-c4ccc(I)cc4)cc2c2nc4ccccc4n32)cc1. The molecule has 3 nitrogen and oxygen atoms in total. The van der Waals surface area contributed by atoms with Crippen molar-refractivity contribution in [3.63, 3.8) is 0 Å². The van der Waals surface area contributed by atoms with E-state index in [9.17, 15) is 4.57 Å². The summed E-state index contributed by atoms with van der Waals surface area (Å²) in [6.07, 6.45) is 0. The van der Waals surface area contributed by atoms with Crippen LogP contribution in [0.25, 0.3) is 60.6 Å². The third-order valence-corrected chi connectivity index (χ3v) is 13.1. The van der Waals surface area contributed by atoms with Crippen LogP contribution in [-0.2, 0) is 4.57 Å². The van der Waals surface area contributed by atoms with Crippen LogP contribution < -0.4 is 15.9 Å². The van der Waals surface area contributed by atoms with Crippen LogP contribution in [0.5, 0.6) is 0 Å². The van der Waals surface area contributed by atoms with Crippen molar-refractivity contribution < 1.29 is 4.57 Å². The standard InChI is InChI=1S/C43H28IN2OP/c44-33-21-15-29(16-22-33)31-19-25-37-38-27-32(20-26-41(38)46-42-14-8-7-13-40(42)45-43(46)39(37)28-31)30-17-23-36(24-18-30)48(47,34-9-3-1-4-10-34)35-11-5-2-6-12-35/h1-28H. The molecule has 0 aliphatic rings. The van der Waals surface area contributed by atoms with Crippen LogP contribution in [0.1, 0.15) is 0 Å². The second-order valence-corrected chi connectivity index (χ2v) is 16.1. The molecule has 228 valence electrons. The van der Waals surface area contributed by atoms with Gasteiger partial charge in [0.15, 0.2) is 7.14 Å². The van der Waals surface area contributed by atoms with Crippen molar-refractivity contribution in [2.45, 2.75) is 0 Å². The number of hydrogen-bond donors (Lipinski definition) is 0. The van der Waals surface area contributed by atoms with Gasteiger partial charge in [0.2, 0.25) is 0 Å². The van der Waals surface area contributed by atoms with Gasteiger partial charge in [0.1, 0.15) is 5.65 Å². The summed E-state index contributed by atoms with van der Waals surface area (Å²) in [6.45, 7) is 0. The average Bonchev–Trinajstić information content (AvgIpc) is 3.55. The first-order valence-corrected chi connectivity index (χ1v) is 18.7. The fraction of sp³-hybridized carbons (Fsp3) is 0. The number of fused-ring (bicyclic) bond motifs is 8. The normalized spacial score (nSPS) is 11.9. The first-order valence-electron chi connectivity index (χ1n) is 15.9. The number of nitrogens with zero attached hydrogens (tertiary/aromatic N) is 2. The highest BCUT2D eigenvalue weighted by molar-refractivity contribution is 14.1. The topological polar surface area (TPSA) is 34.4 Å². The molecule has 0 radical (unpaired) electrons. The number of aromatic nitrogens is 2. The average molecular weight is 747 g/mol. The molecule has 0 saturated heterocycles. The summed E-state index contributed by atoms with van der Waals surface area (Å²) in [6, 6.07) is 58.4. The molecule has 0 spiro atoms. The van der Waals surface area contributed by atoms with Crippen molar-refractivity contribution in [1.29, 1.82) is 0 Å². The maximum Gasteiger partial charge on any atom is 0.171 e. The molecule has 0 N–H and O–H groups in total. The van der Waals surface area contributed by atoms with E-state index in [0.29, 0.717) is 0 Å². The summed E-state index contributed by atoms with van der Waals surface area (Å²) in [7, 11) is -3.05. The molecule has 9 rings (SSSR count). The molecule has 0 saturated carbocycles. The first-order chi connectivity index (χ1) is 23.6. The van der Waals surface area contributed by atoms with Crippen LogP contribution in [0.2, 0.25) is 0 Å². The molecule has 2 aromatic heterocycles. The zero-order chi connectivity index (χ0) is 32.2. The molecule has 0 fully saturated rings. The smallest absolute Gasteiger partial charge is 0.171 e. The van der Waals surface area contributed by atoms with Gasteiger partial charge in [-0.05, 0) is 92.7 Å². The third kappa shape index (κ3) is 4.70. The van der Waals surface area contributed by atoms with E-state index in [1.165, 1.54) is 14.7 Å².